The number of rotatable bonds is 2. The van der Waals surface area contributed by atoms with Crippen molar-refractivity contribution in [2.75, 3.05) is 5.32 Å². The van der Waals surface area contributed by atoms with E-state index in [0.717, 1.165) is 11.4 Å². The molecule has 1 rings (SSSR count). The number of halogens is 3. The summed E-state index contributed by atoms with van der Waals surface area (Å²) in [5.74, 6) is -2.45. The highest BCUT2D eigenvalue weighted by molar-refractivity contribution is 6.03. The van der Waals surface area contributed by atoms with Crippen molar-refractivity contribution in [1.82, 2.24) is 5.32 Å². The zero-order valence-electron chi connectivity index (χ0n) is 9.12. The number of quaternary nitrogens is 1. The second-order valence-electron chi connectivity index (χ2n) is 3.26. The zero-order chi connectivity index (χ0) is 14.6. The van der Waals surface area contributed by atoms with Gasteiger partial charge in [-0.1, -0.05) is 12.1 Å². The van der Waals surface area contributed by atoms with Gasteiger partial charge in [-0.15, -0.1) is 0 Å². The Morgan fingerprint density at radius 2 is 1.84 bits per heavy atom. The maximum Gasteiger partial charge on any atom is 0.471 e. The Kier molecular flexibility index (Phi) is 4.43. The number of benzene rings is 1. The molecule has 1 atom stereocenters. The lowest BCUT2D eigenvalue weighted by atomic mass is 10.3. The fraction of sp³-hybridized carbons (Fsp3) is 0.111. The summed E-state index contributed by atoms with van der Waals surface area (Å²) in [6.45, 7) is 0. The molecule has 1 unspecified atom stereocenters. The molecule has 0 radical (unpaired) electrons. The molecule has 0 bridgehead atoms. The van der Waals surface area contributed by atoms with Gasteiger partial charge in [-0.25, -0.2) is 10.0 Å². The minimum absolute atomic E-state index is 0.234. The van der Waals surface area contributed by atoms with E-state index in [-0.39, 0.29) is 11.4 Å². The zero-order valence-corrected chi connectivity index (χ0v) is 9.12. The van der Waals surface area contributed by atoms with Crippen molar-refractivity contribution in [2.24, 2.45) is 0 Å². The minimum atomic E-state index is -5.20. The van der Waals surface area contributed by atoms with Crippen LogP contribution in [-0.2, 0) is 4.79 Å². The number of hydrogen-bond acceptors (Lipinski definition) is 4. The van der Waals surface area contributed by atoms with E-state index in [0.29, 0.717) is 0 Å². The maximum atomic E-state index is 11.9. The van der Waals surface area contributed by atoms with Crippen LogP contribution in [0.4, 0.5) is 29.3 Å². The first-order valence-corrected chi connectivity index (χ1v) is 4.73. The van der Waals surface area contributed by atoms with Crippen LogP contribution in [0.25, 0.3) is 0 Å². The number of hydrogen-bond donors (Lipinski definition) is 4. The smallest absolute Gasteiger partial charge is 0.471 e. The number of carbonyl (C=O) groups is 2. The molecule has 104 valence electrons. The molecule has 0 aliphatic rings. The van der Waals surface area contributed by atoms with Gasteiger partial charge in [0.15, 0.2) is 5.69 Å². The molecule has 0 fully saturated rings. The average molecular weight is 279 g/mol. The highest BCUT2D eigenvalue weighted by Gasteiger charge is 2.39. The van der Waals surface area contributed by atoms with Gasteiger partial charge in [-0.05, 0) is 6.07 Å². The van der Waals surface area contributed by atoms with Gasteiger partial charge in [0, 0.05) is 6.07 Å². The third-order valence-corrected chi connectivity index (χ3v) is 1.89. The molecule has 7 nitrogen and oxygen atoms in total. The summed E-state index contributed by atoms with van der Waals surface area (Å²) < 4.78 is 35.6. The van der Waals surface area contributed by atoms with Crippen molar-refractivity contribution >= 4 is 23.3 Å². The number of imide groups is 1. The summed E-state index contributed by atoms with van der Waals surface area (Å²) in [4.78, 5) is 21.6. The van der Waals surface area contributed by atoms with E-state index >= 15 is 0 Å². The molecule has 1 aromatic carbocycles. The minimum Gasteiger partial charge on any atom is -0.595 e. The van der Waals surface area contributed by atoms with Crippen LogP contribution in [0.5, 0.6) is 0 Å². The number of urea groups is 1. The van der Waals surface area contributed by atoms with E-state index in [4.69, 9.17) is 5.21 Å². The lowest BCUT2D eigenvalue weighted by Crippen LogP contribution is -2.99. The fourth-order valence-electron chi connectivity index (χ4n) is 1.11. The predicted molar refractivity (Wildman–Crippen MR) is 55.4 cm³/mol. The Morgan fingerprint density at radius 1 is 1.26 bits per heavy atom. The van der Waals surface area contributed by atoms with Crippen molar-refractivity contribution in [1.29, 1.82) is 0 Å². The van der Waals surface area contributed by atoms with Gasteiger partial charge in [0.1, 0.15) is 5.69 Å². The summed E-state index contributed by atoms with van der Waals surface area (Å²) >= 11 is 0. The fourth-order valence-corrected chi connectivity index (χ4v) is 1.11. The van der Waals surface area contributed by atoms with Gasteiger partial charge in [-0.2, -0.15) is 18.4 Å². The molecule has 0 saturated heterocycles. The molecule has 3 amide bonds. The molecule has 0 heterocycles. The van der Waals surface area contributed by atoms with Crippen LogP contribution < -0.4 is 15.9 Å². The van der Waals surface area contributed by atoms with E-state index in [2.05, 4.69) is 0 Å². The lowest BCUT2D eigenvalue weighted by molar-refractivity contribution is -0.990. The van der Waals surface area contributed by atoms with E-state index in [1.165, 1.54) is 18.2 Å². The normalized spacial score (nSPS) is 12.7. The molecule has 0 aliphatic heterocycles. The van der Waals surface area contributed by atoms with Crippen LogP contribution in [0.2, 0.25) is 0 Å². The van der Waals surface area contributed by atoms with Crippen molar-refractivity contribution < 1.29 is 33.2 Å². The summed E-state index contributed by atoms with van der Waals surface area (Å²) in [5, 5.41) is 21.0. The first kappa shape index (κ1) is 14.9. The molecule has 4 N–H and O–H groups in total. The quantitative estimate of drug-likeness (QED) is 0.584. The Bertz CT molecular complexity index is 490. The van der Waals surface area contributed by atoms with Crippen LogP contribution in [0.1, 0.15) is 0 Å². The van der Waals surface area contributed by atoms with E-state index in [1.54, 1.807) is 0 Å². The van der Waals surface area contributed by atoms with E-state index in [1.807, 2.05) is 5.32 Å². The van der Waals surface area contributed by atoms with E-state index in [9.17, 15) is 28.0 Å². The number of nitrogens with one attached hydrogen (secondary N) is 3. The van der Waals surface area contributed by atoms with Crippen LogP contribution >= 0.6 is 0 Å². The lowest BCUT2D eigenvalue weighted by Gasteiger charge is -2.16. The Hall–Kier alpha value is -2.17. The van der Waals surface area contributed by atoms with Crippen LogP contribution in [-0.4, -0.2) is 23.3 Å². The molecule has 19 heavy (non-hydrogen) atoms. The van der Waals surface area contributed by atoms with Gasteiger partial charge in [0.25, 0.3) is 0 Å². The van der Waals surface area contributed by atoms with Crippen molar-refractivity contribution in [3.63, 3.8) is 0 Å². The number of anilines is 1. The first-order chi connectivity index (χ1) is 8.71. The van der Waals surface area contributed by atoms with Gasteiger partial charge >= 0.3 is 18.1 Å². The standard InChI is InChI=1S/C9H8F3N3O4/c10-9(11,12)7(16)14-8(17)13-5-3-1-2-4-6(5)15(18)19/h1-4,15,18H,(H2,13,14,16,17). The predicted octanol–water partition coefficient (Wildman–Crippen LogP) is 0.300. The SMILES string of the molecule is O=C(NC(=O)C(F)(F)F)Nc1ccccc1[NH+]([O-])O. The summed E-state index contributed by atoms with van der Waals surface area (Å²) in [6.07, 6.45) is -5.20. The Labute approximate surface area is 104 Å². The van der Waals surface area contributed by atoms with Crippen LogP contribution in [0.15, 0.2) is 24.3 Å². The largest absolute Gasteiger partial charge is 0.595 e. The van der Waals surface area contributed by atoms with Crippen LogP contribution in [0.3, 0.4) is 0 Å². The van der Waals surface area contributed by atoms with Crippen molar-refractivity contribution in [3.05, 3.63) is 29.5 Å². The van der Waals surface area contributed by atoms with Crippen LogP contribution in [0, 0.1) is 5.21 Å². The Balaban J connectivity index is 2.76. The molecule has 1 aromatic rings. The molecule has 0 aromatic heterocycles. The third kappa shape index (κ3) is 4.21. The molecule has 0 saturated carbocycles. The number of alkyl halides is 3. The number of carbonyl (C=O) groups excluding carboxylic acids is 2. The highest BCUT2D eigenvalue weighted by Crippen LogP contribution is 2.17. The molecule has 0 spiro atoms. The van der Waals surface area contributed by atoms with E-state index < -0.39 is 23.3 Å². The average Bonchev–Trinajstić information content (AvgIpc) is 2.27. The van der Waals surface area contributed by atoms with Gasteiger partial charge in [0.05, 0.1) is 0 Å². The molecular weight excluding hydrogens is 271 g/mol. The summed E-state index contributed by atoms with van der Waals surface area (Å²) in [7, 11) is 0. The highest BCUT2D eigenvalue weighted by atomic mass is 19.4. The summed E-state index contributed by atoms with van der Waals surface area (Å²) in [6, 6.07) is 3.57. The summed E-state index contributed by atoms with van der Waals surface area (Å²) in [5.41, 5.74) is -0.556. The number of para-hydroxylation sites is 2. The monoisotopic (exact) mass is 279 g/mol. The van der Waals surface area contributed by atoms with Gasteiger partial charge in [0.2, 0.25) is 0 Å². The molecular formula is C9H8F3N3O4. The first-order valence-electron chi connectivity index (χ1n) is 4.73. The molecule has 10 heteroatoms. The van der Waals surface area contributed by atoms with Gasteiger partial charge < -0.3 is 10.5 Å². The second kappa shape index (κ2) is 5.65. The van der Waals surface area contributed by atoms with Crippen molar-refractivity contribution in [3.8, 4) is 0 Å². The maximum absolute atomic E-state index is 11.9. The van der Waals surface area contributed by atoms with Gasteiger partial charge in [-0.3, -0.25) is 10.1 Å². The van der Waals surface area contributed by atoms with Crippen molar-refractivity contribution in [2.45, 2.75) is 6.18 Å². The second-order valence-corrected chi connectivity index (χ2v) is 3.26. The number of amides is 3. The molecule has 0 aliphatic carbocycles. The third-order valence-electron chi connectivity index (χ3n) is 1.89. The Morgan fingerprint density at radius 3 is 2.37 bits per heavy atom. The topological polar surface area (TPSA) is 106 Å².